The Kier molecular flexibility index (Phi) is 11.5. The van der Waals surface area contributed by atoms with Gasteiger partial charge in [-0.05, 0) is 153 Å². The molecule has 6 rings (SSSR count). The summed E-state index contributed by atoms with van der Waals surface area (Å²) in [6, 6.07) is 0.432. The van der Waals surface area contributed by atoms with E-state index in [-0.39, 0.29) is 52.0 Å². The molecule has 6 nitrogen and oxygen atoms in total. The Morgan fingerprint density at radius 3 is 2.20 bits per heavy atom. The van der Waals surface area contributed by atoms with E-state index in [2.05, 4.69) is 66.9 Å². The van der Waals surface area contributed by atoms with Gasteiger partial charge in [0.2, 0.25) is 5.91 Å². The first-order valence-electron chi connectivity index (χ1n) is 22.5. The van der Waals surface area contributed by atoms with E-state index in [1.165, 1.54) is 76.2 Å². The second kappa shape index (κ2) is 14.8. The summed E-state index contributed by atoms with van der Waals surface area (Å²) in [5.41, 5.74) is 1.26. The molecule has 0 aromatic rings. The van der Waals surface area contributed by atoms with E-state index >= 15 is 0 Å². The van der Waals surface area contributed by atoms with Gasteiger partial charge in [-0.2, -0.15) is 0 Å². The first-order chi connectivity index (χ1) is 25.2. The molecule has 1 amide bonds. The molecule has 5 aliphatic carbocycles. The first-order valence-corrected chi connectivity index (χ1v) is 22.5. The van der Waals surface area contributed by atoms with Crippen LogP contribution in [0.2, 0.25) is 0 Å². The van der Waals surface area contributed by atoms with E-state index in [9.17, 15) is 19.5 Å². The van der Waals surface area contributed by atoms with Crippen LogP contribution in [0.3, 0.4) is 0 Å². The van der Waals surface area contributed by atoms with E-state index in [0.717, 1.165) is 44.6 Å². The standard InChI is InChI=1S/C48H79NO5/c1-12-32(13-2)27-33-15-14-26-49(33)39(50)28-48-23-18-34(31(3)4)42(48)35-16-17-37-45(9)21-20-38(54-41(53)30-43(5,6)29-40(51)52)44(7,8)36(45)19-22-47(37,11)46(35,10)24-25-48/h32-38,42H,3,12-30H2,1-2,4-11H3,(H,51,52)/t33-,34+,35-,36+,37-,38+,42-,45+,46-,47-,48-/m1/s1. The second-order valence-corrected chi connectivity index (χ2v) is 22.3. The zero-order chi connectivity index (χ0) is 39.6. The summed E-state index contributed by atoms with van der Waals surface area (Å²) in [5.74, 6) is 2.79. The maximum atomic E-state index is 14.5. The normalized spacial score (nSPS) is 41.4. The van der Waals surface area contributed by atoms with Crippen molar-refractivity contribution in [3.63, 3.8) is 0 Å². The fourth-order valence-electron chi connectivity index (χ4n) is 15.7. The maximum absolute atomic E-state index is 14.5. The smallest absolute Gasteiger partial charge is 0.306 e. The molecule has 6 heteroatoms. The van der Waals surface area contributed by atoms with Crippen LogP contribution in [-0.2, 0) is 19.1 Å². The van der Waals surface area contributed by atoms with Crippen LogP contribution in [-0.4, -0.2) is 46.5 Å². The average molecular weight is 750 g/mol. The number of ether oxygens (including phenoxy) is 1. The number of carboxylic acid groups (broad SMARTS) is 1. The van der Waals surface area contributed by atoms with Crippen molar-refractivity contribution in [2.24, 2.45) is 68.0 Å². The van der Waals surface area contributed by atoms with Gasteiger partial charge in [0.05, 0.1) is 12.8 Å². The van der Waals surface area contributed by atoms with Crippen LogP contribution in [0.5, 0.6) is 0 Å². The van der Waals surface area contributed by atoms with Gasteiger partial charge in [0.25, 0.3) is 0 Å². The Hall–Kier alpha value is -1.85. The van der Waals surface area contributed by atoms with Crippen molar-refractivity contribution in [3.05, 3.63) is 12.2 Å². The van der Waals surface area contributed by atoms with Gasteiger partial charge in [-0.3, -0.25) is 14.4 Å². The lowest BCUT2D eigenvalue weighted by Crippen LogP contribution is -2.67. The monoisotopic (exact) mass is 750 g/mol. The summed E-state index contributed by atoms with van der Waals surface area (Å²) < 4.78 is 6.31. The van der Waals surface area contributed by atoms with Crippen molar-refractivity contribution in [1.29, 1.82) is 0 Å². The van der Waals surface area contributed by atoms with E-state index in [1.54, 1.807) is 0 Å². The molecule has 0 aromatic heterocycles. The lowest BCUT2D eigenvalue weighted by Gasteiger charge is -2.73. The number of nitrogens with zero attached hydrogens (tertiary/aromatic N) is 1. The minimum atomic E-state index is -0.876. The van der Waals surface area contributed by atoms with Crippen molar-refractivity contribution in [3.8, 4) is 0 Å². The quantitative estimate of drug-likeness (QED) is 0.159. The predicted octanol–water partition coefficient (Wildman–Crippen LogP) is 11.7. The number of carbonyl (C=O) groups is 3. The van der Waals surface area contributed by atoms with Gasteiger partial charge < -0.3 is 14.7 Å². The molecule has 0 bridgehead atoms. The summed E-state index contributed by atoms with van der Waals surface area (Å²) in [7, 11) is 0. The molecular weight excluding hydrogens is 671 g/mol. The van der Waals surface area contributed by atoms with Crippen LogP contribution in [0.4, 0.5) is 0 Å². The molecule has 0 spiro atoms. The highest BCUT2D eigenvalue weighted by atomic mass is 16.5. The molecule has 0 unspecified atom stereocenters. The first kappa shape index (κ1) is 41.8. The number of aliphatic carboxylic acids is 1. The van der Waals surface area contributed by atoms with Crippen LogP contribution in [0.1, 0.15) is 185 Å². The molecule has 1 aliphatic heterocycles. The van der Waals surface area contributed by atoms with Crippen LogP contribution in [0, 0.1) is 68.0 Å². The van der Waals surface area contributed by atoms with Crippen molar-refractivity contribution in [1.82, 2.24) is 4.90 Å². The molecule has 54 heavy (non-hydrogen) atoms. The third kappa shape index (κ3) is 6.94. The zero-order valence-corrected chi connectivity index (χ0v) is 36.3. The third-order valence-electron chi connectivity index (χ3n) is 18.7. The van der Waals surface area contributed by atoms with Crippen molar-refractivity contribution < 1.29 is 24.2 Å². The van der Waals surface area contributed by atoms with Gasteiger partial charge in [0.15, 0.2) is 0 Å². The summed E-state index contributed by atoms with van der Waals surface area (Å²) in [6.45, 7) is 28.9. The fourth-order valence-corrected chi connectivity index (χ4v) is 15.7. The Labute approximate surface area is 329 Å². The predicted molar refractivity (Wildman–Crippen MR) is 218 cm³/mol. The van der Waals surface area contributed by atoms with Gasteiger partial charge in [0.1, 0.15) is 6.10 Å². The van der Waals surface area contributed by atoms with Gasteiger partial charge in [-0.15, -0.1) is 0 Å². The number of likely N-dealkylation sites (tertiary alicyclic amines) is 1. The number of fused-ring (bicyclic) bond motifs is 7. The van der Waals surface area contributed by atoms with Gasteiger partial charge in [-0.25, -0.2) is 0 Å². The van der Waals surface area contributed by atoms with Crippen LogP contribution in [0.25, 0.3) is 0 Å². The zero-order valence-electron chi connectivity index (χ0n) is 36.3. The van der Waals surface area contributed by atoms with Crippen molar-refractivity contribution >= 4 is 17.8 Å². The molecule has 0 radical (unpaired) electrons. The van der Waals surface area contributed by atoms with E-state index in [0.29, 0.717) is 41.5 Å². The highest BCUT2D eigenvalue weighted by Gasteiger charge is 2.71. The third-order valence-corrected chi connectivity index (χ3v) is 18.7. The van der Waals surface area contributed by atoms with Gasteiger partial charge in [0, 0.05) is 24.4 Å². The molecule has 0 aromatic carbocycles. The largest absolute Gasteiger partial charge is 0.481 e. The van der Waals surface area contributed by atoms with Crippen LogP contribution < -0.4 is 0 Å². The summed E-state index contributed by atoms with van der Waals surface area (Å²) in [4.78, 5) is 41.6. The Bertz CT molecular complexity index is 1450. The number of rotatable bonds is 12. The second-order valence-electron chi connectivity index (χ2n) is 22.3. The number of allylic oxidation sites excluding steroid dienone is 1. The molecule has 5 saturated carbocycles. The molecule has 1 N–H and O–H groups in total. The van der Waals surface area contributed by atoms with Crippen LogP contribution in [0.15, 0.2) is 12.2 Å². The lowest BCUT2D eigenvalue weighted by molar-refractivity contribution is -0.250. The van der Waals surface area contributed by atoms with Gasteiger partial charge >= 0.3 is 11.9 Å². The lowest BCUT2D eigenvalue weighted by atomic mass is 9.32. The summed E-state index contributed by atoms with van der Waals surface area (Å²) in [6.07, 6.45) is 18.2. The number of carboxylic acids is 1. The van der Waals surface area contributed by atoms with Gasteiger partial charge in [-0.1, -0.05) is 87.3 Å². The number of hydrogen-bond donors (Lipinski definition) is 1. The molecular formula is C48H79NO5. The van der Waals surface area contributed by atoms with Crippen molar-refractivity contribution in [2.45, 2.75) is 197 Å². The van der Waals surface area contributed by atoms with E-state index in [4.69, 9.17) is 4.74 Å². The highest BCUT2D eigenvalue weighted by Crippen LogP contribution is 2.78. The molecule has 6 fully saturated rings. The maximum Gasteiger partial charge on any atom is 0.306 e. The topological polar surface area (TPSA) is 83.9 Å². The number of amides is 1. The number of esters is 1. The van der Waals surface area contributed by atoms with Crippen LogP contribution >= 0.6 is 0 Å². The molecule has 11 atom stereocenters. The molecule has 1 heterocycles. The van der Waals surface area contributed by atoms with E-state index < -0.39 is 11.4 Å². The molecule has 306 valence electrons. The average Bonchev–Trinajstić information content (AvgIpc) is 3.69. The fraction of sp³-hybridized carbons (Fsp3) is 0.896. The minimum absolute atomic E-state index is 0.0420. The van der Waals surface area contributed by atoms with Crippen molar-refractivity contribution in [2.75, 3.05) is 6.54 Å². The molecule has 1 saturated heterocycles. The minimum Gasteiger partial charge on any atom is -0.481 e. The molecule has 6 aliphatic rings. The number of carbonyl (C=O) groups excluding carboxylic acids is 2. The van der Waals surface area contributed by atoms with E-state index in [1.807, 2.05) is 13.8 Å². The highest BCUT2D eigenvalue weighted by molar-refractivity contribution is 5.78. The Balaban J connectivity index is 1.22. The SMILES string of the molecule is C=C(C)[C@@H]1CC[C@]2(CC(=O)N3CCC[C@@H]3CC(CC)CC)CC[C@]3(C)[C@H](CC[C@@H]4[C@@]5(C)CC[C@H](OC(=O)CC(C)(C)CC(=O)O)C(C)(C)[C@@H]5CC[C@]43C)[C@@H]12. The number of hydrogen-bond acceptors (Lipinski definition) is 4. The Morgan fingerprint density at radius 1 is 0.852 bits per heavy atom. The summed E-state index contributed by atoms with van der Waals surface area (Å²) >= 11 is 0. The Morgan fingerprint density at radius 2 is 1.56 bits per heavy atom. The summed E-state index contributed by atoms with van der Waals surface area (Å²) in [5, 5.41) is 9.38.